The van der Waals surface area contributed by atoms with Crippen molar-refractivity contribution in [3.63, 3.8) is 0 Å². The van der Waals surface area contributed by atoms with Crippen LogP contribution in [0.2, 0.25) is 0 Å². The molecular weight excluding hydrogens is 206 g/mol. The predicted octanol–water partition coefficient (Wildman–Crippen LogP) is 2.44. The minimum absolute atomic E-state index is 0.0185. The molecule has 0 aliphatic carbocycles. The van der Waals surface area contributed by atoms with E-state index in [0.717, 1.165) is 5.56 Å². The Morgan fingerprint density at radius 2 is 1.75 bits per heavy atom. The number of nitrogens with zero attached hydrogens (tertiary/aromatic N) is 1. The lowest BCUT2D eigenvalue weighted by molar-refractivity contribution is -0.465. The monoisotopic (exact) mass is 221 g/mol. The first-order valence-corrected chi connectivity index (χ1v) is 5.06. The Kier molecular flexibility index (Phi) is 3.42. The van der Waals surface area contributed by atoms with Crippen molar-refractivity contribution in [2.45, 2.75) is 26.2 Å². The SMILES string of the molecule is CC(C)(C)c1ccc(C(=O)C[N+](=O)[O-])cc1. The summed E-state index contributed by atoms with van der Waals surface area (Å²) in [6, 6.07) is 6.97. The van der Waals surface area contributed by atoms with E-state index in [1.807, 2.05) is 12.1 Å². The summed E-state index contributed by atoms with van der Waals surface area (Å²) in [7, 11) is 0. The van der Waals surface area contributed by atoms with Gasteiger partial charge in [-0.3, -0.25) is 14.9 Å². The van der Waals surface area contributed by atoms with E-state index in [1.165, 1.54) is 0 Å². The third-order valence-corrected chi connectivity index (χ3v) is 2.35. The number of hydrogen-bond acceptors (Lipinski definition) is 3. The second-order valence-electron chi connectivity index (χ2n) is 4.74. The van der Waals surface area contributed by atoms with E-state index >= 15 is 0 Å². The van der Waals surface area contributed by atoms with Crippen LogP contribution >= 0.6 is 0 Å². The summed E-state index contributed by atoms with van der Waals surface area (Å²) in [5.74, 6) is -0.453. The molecule has 0 saturated heterocycles. The van der Waals surface area contributed by atoms with E-state index in [4.69, 9.17) is 0 Å². The van der Waals surface area contributed by atoms with Gasteiger partial charge in [0, 0.05) is 10.5 Å². The molecule has 0 radical (unpaired) electrons. The first-order chi connectivity index (χ1) is 7.30. The molecule has 0 spiro atoms. The predicted molar refractivity (Wildman–Crippen MR) is 61.3 cm³/mol. The van der Waals surface area contributed by atoms with E-state index in [9.17, 15) is 14.9 Å². The highest BCUT2D eigenvalue weighted by atomic mass is 16.6. The van der Waals surface area contributed by atoms with E-state index in [1.54, 1.807) is 12.1 Å². The highest BCUT2D eigenvalue weighted by Crippen LogP contribution is 2.22. The van der Waals surface area contributed by atoms with Gasteiger partial charge in [-0.25, -0.2) is 0 Å². The van der Waals surface area contributed by atoms with E-state index in [2.05, 4.69) is 20.8 Å². The minimum atomic E-state index is -0.644. The van der Waals surface area contributed by atoms with Gasteiger partial charge in [-0.1, -0.05) is 45.0 Å². The molecule has 16 heavy (non-hydrogen) atoms. The Labute approximate surface area is 94.4 Å². The highest BCUT2D eigenvalue weighted by molar-refractivity contribution is 5.96. The lowest BCUT2D eigenvalue weighted by Gasteiger charge is -2.18. The zero-order chi connectivity index (χ0) is 12.3. The quantitative estimate of drug-likeness (QED) is 0.447. The van der Waals surface area contributed by atoms with Crippen molar-refractivity contribution in [3.05, 3.63) is 45.5 Å². The number of ketones is 1. The van der Waals surface area contributed by atoms with Gasteiger partial charge in [0.2, 0.25) is 5.78 Å². The number of benzene rings is 1. The van der Waals surface area contributed by atoms with Crippen LogP contribution in [0.5, 0.6) is 0 Å². The van der Waals surface area contributed by atoms with Crippen molar-refractivity contribution >= 4 is 5.78 Å². The number of Topliss-reactive ketones (excluding diaryl/α,β-unsaturated/α-hetero) is 1. The molecule has 0 unspecified atom stereocenters. The summed E-state index contributed by atoms with van der Waals surface area (Å²) < 4.78 is 0. The maximum absolute atomic E-state index is 11.4. The fourth-order valence-electron chi connectivity index (χ4n) is 1.36. The second-order valence-corrected chi connectivity index (χ2v) is 4.74. The molecule has 4 heteroatoms. The Hall–Kier alpha value is -1.71. The summed E-state index contributed by atoms with van der Waals surface area (Å²) in [4.78, 5) is 21.0. The normalized spacial score (nSPS) is 11.2. The largest absolute Gasteiger partial charge is 0.287 e. The standard InChI is InChI=1S/C12H15NO3/c1-12(2,3)10-6-4-9(5-7-10)11(14)8-13(15)16/h4-7H,8H2,1-3H3. The average molecular weight is 221 g/mol. The summed E-state index contributed by atoms with van der Waals surface area (Å²) in [5.41, 5.74) is 1.51. The van der Waals surface area contributed by atoms with Gasteiger partial charge in [0.05, 0.1) is 0 Å². The third-order valence-electron chi connectivity index (χ3n) is 2.35. The summed E-state index contributed by atoms with van der Waals surface area (Å²) in [5, 5.41) is 10.2. The Bertz CT molecular complexity index is 401. The number of rotatable bonds is 3. The van der Waals surface area contributed by atoms with Crippen molar-refractivity contribution in [2.24, 2.45) is 0 Å². The van der Waals surface area contributed by atoms with Crippen LogP contribution in [0, 0.1) is 10.1 Å². The molecule has 0 saturated carbocycles. The molecule has 0 heterocycles. The Morgan fingerprint density at radius 3 is 2.12 bits per heavy atom. The third kappa shape index (κ3) is 3.15. The second kappa shape index (κ2) is 4.43. The molecule has 0 aliphatic rings. The topological polar surface area (TPSA) is 60.2 Å². The number of hydrogen-bond donors (Lipinski definition) is 0. The number of carbonyl (C=O) groups is 1. The zero-order valence-corrected chi connectivity index (χ0v) is 9.69. The van der Waals surface area contributed by atoms with Gasteiger partial charge < -0.3 is 0 Å². The molecule has 0 bridgehead atoms. The van der Waals surface area contributed by atoms with E-state index in [0.29, 0.717) is 5.56 Å². The van der Waals surface area contributed by atoms with Crippen LogP contribution in [0.1, 0.15) is 36.7 Å². The molecule has 0 aromatic heterocycles. The molecule has 0 N–H and O–H groups in total. The van der Waals surface area contributed by atoms with Crippen LogP contribution in [-0.4, -0.2) is 17.3 Å². The van der Waals surface area contributed by atoms with Gasteiger partial charge in [0.1, 0.15) is 0 Å². The van der Waals surface area contributed by atoms with Crippen LogP contribution < -0.4 is 0 Å². The molecule has 0 atom stereocenters. The lowest BCUT2D eigenvalue weighted by Crippen LogP contribution is -2.15. The van der Waals surface area contributed by atoms with Gasteiger partial charge in [0.25, 0.3) is 6.54 Å². The van der Waals surface area contributed by atoms with Gasteiger partial charge in [-0.15, -0.1) is 0 Å². The molecule has 0 aliphatic heterocycles. The smallest absolute Gasteiger partial charge is 0.265 e. The van der Waals surface area contributed by atoms with Gasteiger partial charge in [-0.05, 0) is 11.0 Å². The van der Waals surface area contributed by atoms with Crippen molar-refractivity contribution in [1.29, 1.82) is 0 Å². The van der Waals surface area contributed by atoms with Crippen LogP contribution in [0.3, 0.4) is 0 Å². The molecule has 1 aromatic carbocycles. The van der Waals surface area contributed by atoms with Gasteiger partial charge in [-0.2, -0.15) is 0 Å². The molecule has 1 rings (SSSR count). The van der Waals surface area contributed by atoms with Crippen LogP contribution in [-0.2, 0) is 5.41 Å². The minimum Gasteiger partial charge on any atom is -0.287 e. The first kappa shape index (κ1) is 12.4. The molecule has 86 valence electrons. The van der Waals surface area contributed by atoms with Crippen molar-refractivity contribution in [1.82, 2.24) is 0 Å². The lowest BCUT2D eigenvalue weighted by atomic mass is 9.86. The summed E-state index contributed by atoms with van der Waals surface area (Å²) in [6.07, 6.45) is 0. The Balaban J connectivity index is 2.87. The van der Waals surface area contributed by atoms with Crippen molar-refractivity contribution < 1.29 is 9.72 Å². The molecule has 1 aromatic rings. The highest BCUT2D eigenvalue weighted by Gasteiger charge is 2.16. The summed E-state index contributed by atoms with van der Waals surface area (Å²) in [6.45, 7) is 5.57. The van der Waals surface area contributed by atoms with E-state index in [-0.39, 0.29) is 5.41 Å². The number of carbonyl (C=O) groups excluding carboxylic acids is 1. The number of nitro groups is 1. The van der Waals surface area contributed by atoms with Crippen molar-refractivity contribution in [3.8, 4) is 0 Å². The van der Waals surface area contributed by atoms with E-state index < -0.39 is 17.3 Å². The molecule has 0 fully saturated rings. The maximum atomic E-state index is 11.4. The average Bonchev–Trinajstić information content (AvgIpc) is 2.15. The van der Waals surface area contributed by atoms with Crippen LogP contribution in [0.4, 0.5) is 0 Å². The maximum Gasteiger partial charge on any atom is 0.265 e. The fourth-order valence-corrected chi connectivity index (χ4v) is 1.36. The Morgan fingerprint density at radius 1 is 1.25 bits per heavy atom. The first-order valence-electron chi connectivity index (χ1n) is 5.06. The molecular formula is C12H15NO3. The molecule has 4 nitrogen and oxygen atoms in total. The van der Waals surface area contributed by atoms with Gasteiger partial charge >= 0.3 is 0 Å². The molecule has 0 amide bonds. The zero-order valence-electron chi connectivity index (χ0n) is 9.69. The van der Waals surface area contributed by atoms with Crippen LogP contribution in [0.25, 0.3) is 0 Å². The van der Waals surface area contributed by atoms with Crippen LogP contribution in [0.15, 0.2) is 24.3 Å². The van der Waals surface area contributed by atoms with Gasteiger partial charge in [0.15, 0.2) is 0 Å². The summed E-state index contributed by atoms with van der Waals surface area (Å²) >= 11 is 0. The van der Waals surface area contributed by atoms with Crippen molar-refractivity contribution in [2.75, 3.05) is 6.54 Å². The fraction of sp³-hybridized carbons (Fsp3) is 0.417.